The van der Waals surface area contributed by atoms with Gasteiger partial charge in [-0.05, 0) is 24.6 Å². The predicted molar refractivity (Wildman–Crippen MR) is 84.1 cm³/mol. The van der Waals surface area contributed by atoms with E-state index in [9.17, 15) is 4.79 Å². The van der Waals surface area contributed by atoms with Crippen LogP contribution < -0.4 is 15.8 Å². The maximum Gasteiger partial charge on any atom is 0.341 e. The van der Waals surface area contributed by atoms with Gasteiger partial charge in [-0.2, -0.15) is 0 Å². The third-order valence-electron chi connectivity index (χ3n) is 2.91. The summed E-state index contributed by atoms with van der Waals surface area (Å²) in [5.41, 5.74) is 6.98. The van der Waals surface area contributed by atoms with Gasteiger partial charge in [0.05, 0.1) is 27.4 Å². The van der Waals surface area contributed by atoms with Crippen LogP contribution in [0.2, 0.25) is 0 Å². The lowest BCUT2D eigenvalue weighted by molar-refractivity contribution is 0.0597. The average Bonchev–Trinajstić information content (AvgIpc) is 2.52. The van der Waals surface area contributed by atoms with Crippen molar-refractivity contribution in [2.24, 2.45) is 10.7 Å². The van der Waals surface area contributed by atoms with Gasteiger partial charge in [0.15, 0.2) is 5.96 Å². The predicted octanol–water partition coefficient (Wildman–Crippen LogP) is 0.921. The van der Waals surface area contributed by atoms with Crippen LogP contribution >= 0.6 is 0 Å². The van der Waals surface area contributed by atoms with E-state index in [0.29, 0.717) is 30.4 Å². The van der Waals surface area contributed by atoms with Crippen LogP contribution in [0, 0.1) is 0 Å². The zero-order valence-corrected chi connectivity index (χ0v) is 13.4. The number of hydrogen-bond donors (Lipinski definition) is 2. The second-order valence-electron chi connectivity index (χ2n) is 4.73. The number of aliphatic imine (C=N–C) groups is 1. The molecule has 0 aliphatic rings. The summed E-state index contributed by atoms with van der Waals surface area (Å²) in [5, 5.41) is 3.01. The third-order valence-corrected chi connectivity index (χ3v) is 2.91. The third kappa shape index (κ3) is 5.25. The molecule has 0 fully saturated rings. The Morgan fingerprint density at radius 3 is 2.68 bits per heavy atom. The first-order valence-corrected chi connectivity index (χ1v) is 6.82. The summed E-state index contributed by atoms with van der Waals surface area (Å²) in [7, 11) is 4.45. The molecular formula is C15H23N3O4. The summed E-state index contributed by atoms with van der Waals surface area (Å²) in [6.07, 6.45) is 0. The Kier molecular flexibility index (Phi) is 7.18. The molecule has 0 spiro atoms. The molecule has 1 atom stereocenters. The molecule has 1 aromatic carbocycles. The average molecular weight is 309 g/mol. The van der Waals surface area contributed by atoms with Gasteiger partial charge in [-0.15, -0.1) is 0 Å². The minimum Gasteiger partial charge on any atom is -0.496 e. The number of nitrogens with two attached hydrogens (primary N) is 1. The van der Waals surface area contributed by atoms with Crippen molar-refractivity contribution in [3.63, 3.8) is 0 Å². The number of methoxy groups -OCH3 is 3. The number of esters is 1. The number of guanidine groups is 1. The second kappa shape index (κ2) is 8.89. The fourth-order valence-electron chi connectivity index (χ4n) is 1.89. The van der Waals surface area contributed by atoms with Crippen LogP contribution in [0.15, 0.2) is 23.2 Å². The van der Waals surface area contributed by atoms with Gasteiger partial charge in [0.2, 0.25) is 0 Å². The molecule has 0 amide bonds. The smallest absolute Gasteiger partial charge is 0.341 e. The Morgan fingerprint density at radius 1 is 1.36 bits per heavy atom. The highest BCUT2D eigenvalue weighted by Gasteiger charge is 2.13. The van der Waals surface area contributed by atoms with Crippen molar-refractivity contribution in [1.29, 1.82) is 0 Å². The van der Waals surface area contributed by atoms with Gasteiger partial charge < -0.3 is 25.3 Å². The fourth-order valence-corrected chi connectivity index (χ4v) is 1.89. The van der Waals surface area contributed by atoms with Crippen molar-refractivity contribution in [2.75, 3.05) is 27.9 Å². The van der Waals surface area contributed by atoms with Crippen molar-refractivity contribution in [2.45, 2.75) is 19.5 Å². The summed E-state index contributed by atoms with van der Waals surface area (Å²) >= 11 is 0. The molecule has 0 saturated heterocycles. The zero-order valence-electron chi connectivity index (χ0n) is 13.4. The Morgan fingerprint density at radius 2 is 2.09 bits per heavy atom. The molecule has 1 rings (SSSR count). The molecule has 122 valence electrons. The highest BCUT2D eigenvalue weighted by molar-refractivity contribution is 5.92. The summed E-state index contributed by atoms with van der Waals surface area (Å²) in [6.45, 7) is 2.81. The number of benzene rings is 1. The number of hydrogen-bond acceptors (Lipinski definition) is 5. The van der Waals surface area contributed by atoms with E-state index in [2.05, 4.69) is 10.3 Å². The van der Waals surface area contributed by atoms with Gasteiger partial charge in [-0.1, -0.05) is 6.07 Å². The largest absolute Gasteiger partial charge is 0.496 e. The molecule has 0 saturated carbocycles. The van der Waals surface area contributed by atoms with E-state index in [1.807, 2.05) is 13.0 Å². The van der Waals surface area contributed by atoms with Crippen LogP contribution in [0.5, 0.6) is 5.75 Å². The quantitative estimate of drug-likeness (QED) is 0.442. The van der Waals surface area contributed by atoms with E-state index >= 15 is 0 Å². The first-order valence-electron chi connectivity index (χ1n) is 6.82. The summed E-state index contributed by atoms with van der Waals surface area (Å²) in [6, 6.07) is 5.27. The summed E-state index contributed by atoms with van der Waals surface area (Å²) in [5.74, 6) is 0.321. The number of ether oxygens (including phenoxy) is 3. The van der Waals surface area contributed by atoms with E-state index in [-0.39, 0.29) is 6.04 Å². The first kappa shape index (κ1) is 17.8. The molecule has 22 heavy (non-hydrogen) atoms. The number of nitrogens with zero attached hydrogens (tertiary/aromatic N) is 1. The molecule has 0 aliphatic heterocycles. The highest BCUT2D eigenvalue weighted by Crippen LogP contribution is 2.21. The zero-order chi connectivity index (χ0) is 16.5. The molecular weight excluding hydrogens is 286 g/mol. The Bertz CT molecular complexity index is 532. The molecule has 0 bridgehead atoms. The lowest BCUT2D eigenvalue weighted by atomic mass is 10.1. The molecule has 0 aliphatic carbocycles. The maximum absolute atomic E-state index is 11.7. The van der Waals surface area contributed by atoms with Crippen molar-refractivity contribution >= 4 is 11.9 Å². The van der Waals surface area contributed by atoms with Crippen LogP contribution in [-0.4, -0.2) is 45.9 Å². The van der Waals surface area contributed by atoms with Crippen molar-refractivity contribution in [1.82, 2.24) is 5.32 Å². The first-order chi connectivity index (χ1) is 10.5. The molecule has 3 N–H and O–H groups in total. The minimum absolute atomic E-state index is 0.0650. The van der Waals surface area contributed by atoms with Gasteiger partial charge in [-0.25, -0.2) is 9.79 Å². The van der Waals surface area contributed by atoms with Gasteiger partial charge >= 0.3 is 5.97 Å². The SMILES string of the molecule is COC[C@H](C)NC(N)=NCc1ccc(OC)c(C(=O)OC)c1. The highest BCUT2D eigenvalue weighted by atomic mass is 16.5. The van der Waals surface area contributed by atoms with E-state index in [0.717, 1.165) is 5.56 Å². The van der Waals surface area contributed by atoms with Crippen molar-refractivity contribution in [3.8, 4) is 5.75 Å². The number of carbonyl (C=O) groups is 1. The van der Waals surface area contributed by atoms with Gasteiger partial charge in [0.1, 0.15) is 11.3 Å². The van der Waals surface area contributed by atoms with Gasteiger partial charge in [-0.3, -0.25) is 0 Å². The normalized spacial score (nSPS) is 12.6. The van der Waals surface area contributed by atoms with Crippen LogP contribution in [0.3, 0.4) is 0 Å². The van der Waals surface area contributed by atoms with E-state index < -0.39 is 5.97 Å². The lowest BCUT2D eigenvalue weighted by Gasteiger charge is -2.13. The number of rotatable bonds is 7. The Balaban J connectivity index is 2.79. The van der Waals surface area contributed by atoms with E-state index in [1.54, 1.807) is 19.2 Å². The van der Waals surface area contributed by atoms with Gasteiger partial charge in [0, 0.05) is 13.2 Å². The molecule has 1 aromatic rings. The molecule has 7 heteroatoms. The molecule has 0 aromatic heterocycles. The summed E-state index contributed by atoms with van der Waals surface area (Å²) in [4.78, 5) is 15.9. The number of nitrogens with one attached hydrogen (secondary N) is 1. The molecule has 7 nitrogen and oxygen atoms in total. The van der Waals surface area contributed by atoms with E-state index in [1.165, 1.54) is 14.2 Å². The second-order valence-corrected chi connectivity index (χ2v) is 4.73. The molecule has 0 radical (unpaired) electrons. The molecule has 0 heterocycles. The molecule has 0 unspecified atom stereocenters. The fraction of sp³-hybridized carbons (Fsp3) is 0.467. The van der Waals surface area contributed by atoms with Crippen LogP contribution in [-0.2, 0) is 16.0 Å². The van der Waals surface area contributed by atoms with Crippen LogP contribution in [0.1, 0.15) is 22.8 Å². The maximum atomic E-state index is 11.7. The lowest BCUT2D eigenvalue weighted by Crippen LogP contribution is -2.40. The minimum atomic E-state index is -0.456. The van der Waals surface area contributed by atoms with Crippen LogP contribution in [0.4, 0.5) is 0 Å². The van der Waals surface area contributed by atoms with Crippen molar-refractivity contribution < 1.29 is 19.0 Å². The van der Waals surface area contributed by atoms with Gasteiger partial charge in [0.25, 0.3) is 0 Å². The van der Waals surface area contributed by atoms with Crippen LogP contribution in [0.25, 0.3) is 0 Å². The van der Waals surface area contributed by atoms with Crippen molar-refractivity contribution in [3.05, 3.63) is 29.3 Å². The Hall–Kier alpha value is -2.28. The van der Waals surface area contributed by atoms with E-state index in [4.69, 9.17) is 19.9 Å². The standard InChI is InChI=1S/C15H23N3O4/c1-10(9-20-2)18-15(16)17-8-11-5-6-13(21-3)12(7-11)14(19)22-4/h5-7,10H,8-9H2,1-4H3,(H3,16,17,18)/t10-/m0/s1. The monoisotopic (exact) mass is 309 g/mol. The Labute approximate surface area is 130 Å². The summed E-state index contributed by atoms with van der Waals surface area (Å²) < 4.78 is 14.9. The number of carbonyl (C=O) groups excluding carboxylic acids is 1. The topological polar surface area (TPSA) is 95.2 Å².